The van der Waals surface area contributed by atoms with Crippen LogP contribution in [0.15, 0.2) is 22.7 Å². The number of hydrogen-bond acceptors (Lipinski definition) is 5. The molecule has 0 atom stereocenters. The minimum atomic E-state index is 0.494. The lowest BCUT2D eigenvalue weighted by Crippen LogP contribution is -2.05. The number of anilines is 1. The Morgan fingerprint density at radius 2 is 2.21 bits per heavy atom. The molecular formula is C14H19N3O2. The number of hydrogen-bond donors (Lipinski definition) is 1. The highest BCUT2D eigenvalue weighted by Crippen LogP contribution is 2.21. The number of oxazole rings is 1. The van der Waals surface area contributed by atoms with E-state index in [0.29, 0.717) is 24.9 Å². The Labute approximate surface area is 113 Å². The van der Waals surface area contributed by atoms with Gasteiger partial charge in [0, 0.05) is 6.20 Å². The van der Waals surface area contributed by atoms with Gasteiger partial charge in [0.05, 0.1) is 18.8 Å². The molecule has 19 heavy (non-hydrogen) atoms. The number of aryl methyl sites for hydroxylation is 2. The molecule has 0 radical (unpaired) electrons. The third-order valence-electron chi connectivity index (χ3n) is 2.71. The SMILES string of the molecule is CCCOc1cccnc1NCc1nc(C)c(C)o1. The van der Waals surface area contributed by atoms with Crippen molar-refractivity contribution in [3.8, 4) is 5.75 Å². The van der Waals surface area contributed by atoms with Gasteiger partial charge >= 0.3 is 0 Å². The van der Waals surface area contributed by atoms with E-state index in [0.717, 1.165) is 23.6 Å². The number of nitrogens with one attached hydrogen (secondary N) is 1. The molecule has 0 unspecified atom stereocenters. The number of nitrogens with zero attached hydrogens (tertiary/aromatic N) is 2. The number of rotatable bonds is 6. The topological polar surface area (TPSA) is 60.2 Å². The van der Waals surface area contributed by atoms with E-state index in [1.165, 1.54) is 0 Å². The van der Waals surface area contributed by atoms with Crippen molar-refractivity contribution in [3.05, 3.63) is 35.7 Å². The van der Waals surface area contributed by atoms with E-state index in [4.69, 9.17) is 9.15 Å². The maximum atomic E-state index is 5.63. The van der Waals surface area contributed by atoms with Gasteiger partial charge in [-0.25, -0.2) is 9.97 Å². The first kappa shape index (κ1) is 13.4. The molecule has 102 valence electrons. The van der Waals surface area contributed by atoms with Crippen molar-refractivity contribution in [2.75, 3.05) is 11.9 Å². The standard InChI is InChI=1S/C14H19N3O2/c1-4-8-18-12-6-5-7-15-14(12)16-9-13-17-10(2)11(3)19-13/h5-7H,4,8-9H2,1-3H3,(H,15,16). The van der Waals surface area contributed by atoms with Crippen LogP contribution in [0.3, 0.4) is 0 Å². The van der Waals surface area contributed by atoms with Crippen LogP contribution >= 0.6 is 0 Å². The van der Waals surface area contributed by atoms with Crippen LogP contribution in [-0.2, 0) is 6.54 Å². The minimum absolute atomic E-state index is 0.494. The second-order valence-electron chi connectivity index (χ2n) is 4.30. The summed E-state index contributed by atoms with van der Waals surface area (Å²) in [6.45, 7) is 7.08. The normalized spacial score (nSPS) is 10.5. The van der Waals surface area contributed by atoms with Crippen LogP contribution in [0, 0.1) is 13.8 Å². The van der Waals surface area contributed by atoms with E-state index in [-0.39, 0.29) is 0 Å². The van der Waals surface area contributed by atoms with Crippen molar-refractivity contribution < 1.29 is 9.15 Å². The molecule has 0 fully saturated rings. The predicted molar refractivity (Wildman–Crippen MR) is 73.3 cm³/mol. The molecule has 0 spiro atoms. The van der Waals surface area contributed by atoms with Gasteiger partial charge in [0.25, 0.3) is 0 Å². The lowest BCUT2D eigenvalue weighted by molar-refractivity contribution is 0.317. The first-order valence-electron chi connectivity index (χ1n) is 6.45. The van der Waals surface area contributed by atoms with Crippen molar-refractivity contribution in [1.82, 2.24) is 9.97 Å². The quantitative estimate of drug-likeness (QED) is 0.865. The fourth-order valence-electron chi connectivity index (χ4n) is 1.63. The zero-order valence-electron chi connectivity index (χ0n) is 11.6. The Balaban J connectivity index is 2.02. The van der Waals surface area contributed by atoms with Gasteiger partial charge in [0.2, 0.25) is 5.89 Å². The zero-order valence-corrected chi connectivity index (χ0v) is 11.6. The second kappa shape index (κ2) is 6.22. The largest absolute Gasteiger partial charge is 0.490 e. The molecular weight excluding hydrogens is 242 g/mol. The molecule has 0 aliphatic carbocycles. The van der Waals surface area contributed by atoms with Crippen LogP contribution < -0.4 is 10.1 Å². The highest BCUT2D eigenvalue weighted by Gasteiger charge is 2.08. The molecule has 0 amide bonds. The van der Waals surface area contributed by atoms with Crippen LogP contribution in [-0.4, -0.2) is 16.6 Å². The fourth-order valence-corrected chi connectivity index (χ4v) is 1.63. The summed E-state index contributed by atoms with van der Waals surface area (Å²) in [5.41, 5.74) is 0.917. The Bertz CT molecular complexity index is 518. The van der Waals surface area contributed by atoms with Crippen molar-refractivity contribution >= 4 is 5.82 Å². The van der Waals surface area contributed by atoms with E-state index in [1.807, 2.05) is 26.0 Å². The fraction of sp³-hybridized carbons (Fsp3) is 0.429. The lowest BCUT2D eigenvalue weighted by Gasteiger charge is -2.10. The molecule has 0 saturated heterocycles. The molecule has 0 aromatic carbocycles. The van der Waals surface area contributed by atoms with Crippen molar-refractivity contribution in [1.29, 1.82) is 0 Å². The zero-order chi connectivity index (χ0) is 13.7. The van der Waals surface area contributed by atoms with Gasteiger partial charge in [-0.15, -0.1) is 0 Å². The molecule has 2 aromatic rings. The summed E-state index contributed by atoms with van der Waals surface area (Å²) in [6.07, 6.45) is 2.69. The molecule has 2 rings (SSSR count). The van der Waals surface area contributed by atoms with Gasteiger partial charge < -0.3 is 14.5 Å². The molecule has 0 saturated carbocycles. The average Bonchev–Trinajstić information content (AvgIpc) is 2.74. The van der Waals surface area contributed by atoms with Gasteiger partial charge in [-0.2, -0.15) is 0 Å². The minimum Gasteiger partial charge on any atom is -0.490 e. The van der Waals surface area contributed by atoms with Gasteiger partial charge in [0.1, 0.15) is 5.76 Å². The molecule has 0 aliphatic rings. The monoisotopic (exact) mass is 261 g/mol. The van der Waals surface area contributed by atoms with Gasteiger partial charge in [0.15, 0.2) is 11.6 Å². The molecule has 0 aliphatic heterocycles. The predicted octanol–water partition coefficient (Wildman–Crippen LogP) is 3.09. The van der Waals surface area contributed by atoms with Gasteiger partial charge in [-0.05, 0) is 32.4 Å². The maximum Gasteiger partial charge on any atom is 0.213 e. The van der Waals surface area contributed by atoms with E-state index in [2.05, 4.69) is 22.2 Å². The summed E-state index contributed by atoms with van der Waals surface area (Å²) in [5, 5.41) is 3.19. The van der Waals surface area contributed by atoms with E-state index in [1.54, 1.807) is 6.20 Å². The van der Waals surface area contributed by atoms with Gasteiger partial charge in [-0.1, -0.05) is 6.92 Å². The second-order valence-corrected chi connectivity index (χ2v) is 4.30. The van der Waals surface area contributed by atoms with Crippen LogP contribution in [0.1, 0.15) is 30.7 Å². The smallest absolute Gasteiger partial charge is 0.213 e. The van der Waals surface area contributed by atoms with Crippen LogP contribution in [0.2, 0.25) is 0 Å². The van der Waals surface area contributed by atoms with E-state index >= 15 is 0 Å². The van der Waals surface area contributed by atoms with Crippen molar-refractivity contribution in [3.63, 3.8) is 0 Å². The summed E-state index contributed by atoms with van der Waals surface area (Å²) < 4.78 is 11.1. The van der Waals surface area contributed by atoms with Crippen molar-refractivity contribution in [2.24, 2.45) is 0 Å². The molecule has 1 N–H and O–H groups in total. The Morgan fingerprint density at radius 1 is 1.37 bits per heavy atom. The highest BCUT2D eigenvalue weighted by atomic mass is 16.5. The number of pyridine rings is 1. The van der Waals surface area contributed by atoms with Crippen LogP contribution in [0.5, 0.6) is 5.75 Å². The Hall–Kier alpha value is -2.04. The molecule has 2 aromatic heterocycles. The summed E-state index contributed by atoms with van der Waals surface area (Å²) >= 11 is 0. The van der Waals surface area contributed by atoms with E-state index in [9.17, 15) is 0 Å². The molecule has 2 heterocycles. The maximum absolute atomic E-state index is 5.63. The third kappa shape index (κ3) is 3.47. The summed E-state index contributed by atoms with van der Waals surface area (Å²) in [7, 11) is 0. The number of ether oxygens (including phenoxy) is 1. The molecule has 0 bridgehead atoms. The Morgan fingerprint density at radius 3 is 2.89 bits per heavy atom. The van der Waals surface area contributed by atoms with Crippen LogP contribution in [0.25, 0.3) is 0 Å². The number of aromatic nitrogens is 2. The third-order valence-corrected chi connectivity index (χ3v) is 2.71. The lowest BCUT2D eigenvalue weighted by atomic mass is 10.4. The summed E-state index contributed by atoms with van der Waals surface area (Å²) in [5.74, 6) is 2.97. The molecule has 5 heteroatoms. The highest BCUT2D eigenvalue weighted by molar-refractivity contribution is 5.49. The first-order chi connectivity index (χ1) is 9.20. The Kier molecular flexibility index (Phi) is 4.39. The summed E-state index contributed by atoms with van der Waals surface area (Å²) in [6, 6.07) is 3.76. The van der Waals surface area contributed by atoms with Gasteiger partial charge in [-0.3, -0.25) is 0 Å². The molecule has 5 nitrogen and oxygen atoms in total. The average molecular weight is 261 g/mol. The van der Waals surface area contributed by atoms with E-state index < -0.39 is 0 Å². The van der Waals surface area contributed by atoms with Crippen molar-refractivity contribution in [2.45, 2.75) is 33.7 Å². The first-order valence-corrected chi connectivity index (χ1v) is 6.45. The summed E-state index contributed by atoms with van der Waals surface area (Å²) in [4.78, 5) is 8.59. The van der Waals surface area contributed by atoms with Crippen LogP contribution in [0.4, 0.5) is 5.82 Å².